The van der Waals surface area contributed by atoms with Gasteiger partial charge in [-0.2, -0.15) is 0 Å². The summed E-state index contributed by atoms with van der Waals surface area (Å²) in [5, 5.41) is 0. The maximum atomic E-state index is 5.76. The Bertz CT molecular complexity index is 294. The van der Waals surface area contributed by atoms with E-state index in [1.54, 1.807) is 13.3 Å². The molecule has 1 rings (SSSR count). The van der Waals surface area contributed by atoms with Crippen LogP contribution in [0.3, 0.4) is 0 Å². The van der Waals surface area contributed by atoms with Gasteiger partial charge in [-0.3, -0.25) is 0 Å². The van der Waals surface area contributed by atoms with E-state index in [9.17, 15) is 0 Å². The highest BCUT2D eigenvalue weighted by molar-refractivity contribution is 6.17. The number of methoxy groups -OCH3 is 1. The van der Waals surface area contributed by atoms with Crippen molar-refractivity contribution in [3.8, 4) is 0 Å². The quantitative estimate of drug-likeness (QED) is 0.552. The summed E-state index contributed by atoms with van der Waals surface area (Å²) in [5.41, 5.74) is 1.10. The number of anilines is 1. The van der Waals surface area contributed by atoms with Crippen molar-refractivity contribution >= 4 is 17.4 Å². The van der Waals surface area contributed by atoms with Crippen molar-refractivity contribution in [3.63, 3.8) is 0 Å². The first-order chi connectivity index (χ1) is 7.27. The first-order valence-electron chi connectivity index (χ1n) is 4.99. The van der Waals surface area contributed by atoms with Gasteiger partial charge in [-0.1, -0.05) is 0 Å². The fourth-order valence-electron chi connectivity index (χ4n) is 1.31. The van der Waals surface area contributed by atoms with Gasteiger partial charge in [0.2, 0.25) is 0 Å². The van der Waals surface area contributed by atoms with Crippen molar-refractivity contribution in [2.75, 3.05) is 32.2 Å². The van der Waals surface area contributed by atoms with Crippen LogP contribution in [0.4, 0.5) is 5.82 Å². The molecule has 0 saturated carbocycles. The van der Waals surface area contributed by atoms with Crippen LogP contribution in [-0.2, 0) is 10.6 Å². The molecule has 1 heterocycles. The predicted octanol–water partition coefficient (Wildman–Crippen LogP) is 2.29. The fourth-order valence-corrected chi connectivity index (χ4v) is 1.48. The van der Waals surface area contributed by atoms with Gasteiger partial charge >= 0.3 is 0 Å². The molecular weight excluding hydrogens is 212 g/mol. The van der Waals surface area contributed by atoms with Crippen molar-refractivity contribution in [2.45, 2.75) is 12.3 Å². The fraction of sp³-hybridized carbons (Fsp3) is 0.545. The molecule has 0 aromatic carbocycles. The second kappa shape index (κ2) is 6.64. The first kappa shape index (κ1) is 12.3. The number of hydrogen-bond acceptors (Lipinski definition) is 3. The lowest BCUT2D eigenvalue weighted by molar-refractivity contribution is 0.196. The summed E-state index contributed by atoms with van der Waals surface area (Å²) in [6.07, 6.45) is 2.79. The molecular formula is C11H17ClN2O. The van der Waals surface area contributed by atoms with Gasteiger partial charge in [-0.05, 0) is 24.1 Å². The summed E-state index contributed by atoms with van der Waals surface area (Å²) in [4.78, 5) is 6.40. The lowest BCUT2D eigenvalue weighted by atomic mass is 10.3. The van der Waals surface area contributed by atoms with Crippen LogP contribution < -0.4 is 4.90 Å². The molecule has 0 radical (unpaired) electrons. The maximum Gasteiger partial charge on any atom is 0.128 e. The van der Waals surface area contributed by atoms with Crippen LogP contribution in [-0.4, -0.2) is 32.3 Å². The molecule has 0 aliphatic heterocycles. The first-order valence-corrected chi connectivity index (χ1v) is 5.52. The van der Waals surface area contributed by atoms with E-state index < -0.39 is 0 Å². The molecule has 0 unspecified atom stereocenters. The van der Waals surface area contributed by atoms with Crippen molar-refractivity contribution in [1.82, 2.24) is 4.98 Å². The maximum absolute atomic E-state index is 5.76. The molecule has 1 aromatic heterocycles. The SMILES string of the molecule is COCCCN(C)c1cc(CCl)ccn1. The lowest BCUT2D eigenvalue weighted by Crippen LogP contribution is -2.20. The zero-order valence-electron chi connectivity index (χ0n) is 9.24. The Labute approximate surface area is 96.0 Å². The second-order valence-corrected chi connectivity index (χ2v) is 3.69. The molecule has 0 spiro atoms. The van der Waals surface area contributed by atoms with Crippen LogP contribution in [0.1, 0.15) is 12.0 Å². The van der Waals surface area contributed by atoms with Gasteiger partial charge in [-0.25, -0.2) is 4.98 Å². The Morgan fingerprint density at radius 2 is 2.33 bits per heavy atom. The molecule has 0 saturated heterocycles. The molecule has 0 aliphatic carbocycles. The zero-order chi connectivity index (χ0) is 11.1. The Morgan fingerprint density at radius 3 is 3.00 bits per heavy atom. The molecule has 1 aromatic rings. The Hall–Kier alpha value is -0.800. The summed E-state index contributed by atoms with van der Waals surface area (Å²) in [7, 11) is 3.74. The standard InChI is InChI=1S/C11H17ClN2O/c1-14(6-3-7-15-2)11-8-10(9-12)4-5-13-11/h4-5,8H,3,6-7,9H2,1-2H3. The summed E-state index contributed by atoms with van der Waals surface area (Å²) in [5.74, 6) is 1.49. The molecule has 0 atom stereocenters. The third-order valence-electron chi connectivity index (χ3n) is 2.20. The highest BCUT2D eigenvalue weighted by atomic mass is 35.5. The number of aromatic nitrogens is 1. The van der Waals surface area contributed by atoms with E-state index in [0.717, 1.165) is 31.0 Å². The number of hydrogen-bond donors (Lipinski definition) is 0. The average Bonchev–Trinajstić information content (AvgIpc) is 2.29. The molecule has 3 nitrogen and oxygen atoms in total. The molecule has 4 heteroatoms. The minimum absolute atomic E-state index is 0.529. The number of nitrogens with zero attached hydrogens (tertiary/aromatic N) is 2. The number of rotatable bonds is 6. The van der Waals surface area contributed by atoms with Crippen LogP contribution in [0.5, 0.6) is 0 Å². The van der Waals surface area contributed by atoms with E-state index in [1.807, 2.05) is 19.2 Å². The van der Waals surface area contributed by atoms with Crippen molar-refractivity contribution in [3.05, 3.63) is 23.9 Å². The zero-order valence-corrected chi connectivity index (χ0v) is 10.00. The highest BCUT2D eigenvalue weighted by Gasteiger charge is 2.02. The van der Waals surface area contributed by atoms with Crippen LogP contribution in [0.2, 0.25) is 0 Å². The van der Waals surface area contributed by atoms with Gasteiger partial charge in [0, 0.05) is 39.4 Å². The third kappa shape index (κ3) is 4.06. The van der Waals surface area contributed by atoms with E-state index >= 15 is 0 Å². The molecule has 15 heavy (non-hydrogen) atoms. The van der Waals surface area contributed by atoms with E-state index in [2.05, 4.69) is 9.88 Å². The Kier molecular flexibility index (Phi) is 5.43. The summed E-state index contributed by atoms with van der Waals surface area (Å²) in [6, 6.07) is 3.94. The van der Waals surface area contributed by atoms with Gasteiger partial charge < -0.3 is 9.64 Å². The monoisotopic (exact) mass is 228 g/mol. The van der Waals surface area contributed by atoms with Gasteiger partial charge in [0.15, 0.2) is 0 Å². The summed E-state index contributed by atoms with van der Waals surface area (Å²) >= 11 is 5.76. The topological polar surface area (TPSA) is 25.4 Å². The van der Waals surface area contributed by atoms with Crippen LogP contribution in [0, 0.1) is 0 Å². The largest absolute Gasteiger partial charge is 0.385 e. The highest BCUT2D eigenvalue weighted by Crippen LogP contribution is 2.12. The lowest BCUT2D eigenvalue weighted by Gasteiger charge is -2.18. The number of ether oxygens (including phenoxy) is 1. The average molecular weight is 229 g/mol. The predicted molar refractivity (Wildman–Crippen MR) is 63.6 cm³/mol. The van der Waals surface area contributed by atoms with Gasteiger partial charge in [0.1, 0.15) is 5.82 Å². The number of pyridine rings is 1. The van der Waals surface area contributed by atoms with Gasteiger partial charge in [0.25, 0.3) is 0 Å². The van der Waals surface area contributed by atoms with Gasteiger partial charge in [-0.15, -0.1) is 11.6 Å². The summed E-state index contributed by atoms with van der Waals surface area (Å²) < 4.78 is 5.00. The van der Waals surface area contributed by atoms with Crippen LogP contribution in [0.15, 0.2) is 18.3 Å². The smallest absolute Gasteiger partial charge is 0.128 e. The van der Waals surface area contributed by atoms with Crippen molar-refractivity contribution < 1.29 is 4.74 Å². The molecule has 0 N–H and O–H groups in total. The molecule has 0 amide bonds. The van der Waals surface area contributed by atoms with E-state index in [1.165, 1.54) is 0 Å². The van der Waals surface area contributed by atoms with Crippen LogP contribution in [0.25, 0.3) is 0 Å². The van der Waals surface area contributed by atoms with E-state index in [-0.39, 0.29) is 0 Å². The van der Waals surface area contributed by atoms with Gasteiger partial charge in [0.05, 0.1) is 0 Å². The van der Waals surface area contributed by atoms with Crippen molar-refractivity contribution in [2.24, 2.45) is 0 Å². The van der Waals surface area contributed by atoms with E-state index in [0.29, 0.717) is 5.88 Å². The number of alkyl halides is 1. The minimum atomic E-state index is 0.529. The Morgan fingerprint density at radius 1 is 1.53 bits per heavy atom. The molecule has 0 bridgehead atoms. The normalized spacial score (nSPS) is 10.3. The minimum Gasteiger partial charge on any atom is -0.385 e. The van der Waals surface area contributed by atoms with Crippen LogP contribution >= 0.6 is 11.6 Å². The molecule has 0 fully saturated rings. The third-order valence-corrected chi connectivity index (χ3v) is 2.51. The van der Waals surface area contributed by atoms with E-state index in [4.69, 9.17) is 16.3 Å². The van der Waals surface area contributed by atoms with Crippen molar-refractivity contribution in [1.29, 1.82) is 0 Å². The Balaban J connectivity index is 2.52. The molecule has 84 valence electrons. The summed E-state index contributed by atoms with van der Waals surface area (Å²) in [6.45, 7) is 1.71. The number of halogens is 1. The molecule has 0 aliphatic rings. The second-order valence-electron chi connectivity index (χ2n) is 3.42.